The average Bonchev–Trinajstić information content (AvgIpc) is 3.42. The zero-order valence-electron chi connectivity index (χ0n) is 17.0. The fraction of sp³-hybridized carbons (Fsp3) is 0.0417. The van der Waals surface area contributed by atoms with E-state index in [4.69, 9.17) is 4.98 Å². The molecule has 32 heavy (non-hydrogen) atoms. The quantitative estimate of drug-likeness (QED) is 0.416. The Morgan fingerprint density at radius 3 is 2.56 bits per heavy atom. The Morgan fingerprint density at radius 2 is 1.72 bits per heavy atom. The molecule has 0 atom stereocenters. The zero-order valence-corrected chi connectivity index (χ0v) is 17.0. The lowest BCUT2D eigenvalue weighted by molar-refractivity contribution is 0.627. The van der Waals surface area contributed by atoms with Gasteiger partial charge in [0.15, 0.2) is 11.5 Å². The van der Waals surface area contributed by atoms with Crippen LogP contribution in [0.25, 0.3) is 56.0 Å². The molecule has 0 spiro atoms. The minimum atomic E-state index is -0.303. The highest BCUT2D eigenvalue weighted by molar-refractivity contribution is 5.96. The minimum absolute atomic E-state index is 0.303. The van der Waals surface area contributed by atoms with Gasteiger partial charge >= 0.3 is 0 Å². The van der Waals surface area contributed by atoms with Crippen LogP contribution < -0.4 is 0 Å². The first kappa shape index (κ1) is 18.3. The van der Waals surface area contributed by atoms with Crippen LogP contribution in [0.4, 0.5) is 4.39 Å². The molecular formula is C24H16FN7. The van der Waals surface area contributed by atoms with Gasteiger partial charge in [-0.25, -0.2) is 14.4 Å². The van der Waals surface area contributed by atoms with Crippen LogP contribution in [-0.4, -0.2) is 35.1 Å². The van der Waals surface area contributed by atoms with Gasteiger partial charge in [0.2, 0.25) is 0 Å². The highest BCUT2D eigenvalue weighted by atomic mass is 19.1. The van der Waals surface area contributed by atoms with Crippen molar-refractivity contribution in [2.75, 3.05) is 0 Å². The predicted molar refractivity (Wildman–Crippen MR) is 120 cm³/mol. The number of hydrogen-bond acceptors (Lipinski definition) is 5. The van der Waals surface area contributed by atoms with E-state index in [2.05, 4.69) is 30.1 Å². The fourth-order valence-corrected chi connectivity index (χ4v) is 3.92. The summed E-state index contributed by atoms with van der Waals surface area (Å²) in [4.78, 5) is 21.2. The van der Waals surface area contributed by atoms with Crippen LogP contribution in [0.5, 0.6) is 0 Å². The number of H-pyrrole nitrogens is 2. The van der Waals surface area contributed by atoms with E-state index >= 15 is 0 Å². The van der Waals surface area contributed by atoms with Gasteiger partial charge in [-0.05, 0) is 60.5 Å². The molecule has 8 heteroatoms. The Balaban J connectivity index is 1.52. The number of nitrogens with zero attached hydrogens (tertiary/aromatic N) is 5. The highest BCUT2D eigenvalue weighted by Crippen LogP contribution is 2.32. The number of nitrogens with one attached hydrogen (secondary N) is 2. The fourth-order valence-electron chi connectivity index (χ4n) is 3.92. The molecule has 5 aromatic heterocycles. The Labute approximate surface area is 181 Å². The van der Waals surface area contributed by atoms with Gasteiger partial charge in [-0.2, -0.15) is 5.10 Å². The number of benzene rings is 1. The number of pyridine rings is 3. The minimum Gasteiger partial charge on any atom is -0.336 e. The number of aryl methyl sites for hydroxylation is 1. The van der Waals surface area contributed by atoms with E-state index in [0.29, 0.717) is 33.9 Å². The van der Waals surface area contributed by atoms with Gasteiger partial charge in [-0.15, -0.1) is 0 Å². The average molecular weight is 421 g/mol. The van der Waals surface area contributed by atoms with Gasteiger partial charge in [-0.3, -0.25) is 15.1 Å². The van der Waals surface area contributed by atoms with Gasteiger partial charge in [0.25, 0.3) is 0 Å². The third-order valence-electron chi connectivity index (χ3n) is 5.37. The first-order valence-electron chi connectivity index (χ1n) is 10.0. The van der Waals surface area contributed by atoms with Crippen LogP contribution in [0.1, 0.15) is 5.56 Å². The van der Waals surface area contributed by atoms with E-state index < -0.39 is 0 Å². The molecule has 0 amide bonds. The number of aromatic nitrogens is 7. The van der Waals surface area contributed by atoms with Crippen LogP contribution >= 0.6 is 0 Å². The summed E-state index contributed by atoms with van der Waals surface area (Å²) in [6, 6.07) is 12.6. The highest BCUT2D eigenvalue weighted by Gasteiger charge is 2.17. The van der Waals surface area contributed by atoms with Crippen molar-refractivity contribution >= 4 is 22.1 Å². The molecule has 0 aliphatic heterocycles. The monoisotopic (exact) mass is 421 g/mol. The number of rotatable bonds is 3. The number of hydrogen-bond donors (Lipinski definition) is 2. The van der Waals surface area contributed by atoms with Crippen molar-refractivity contribution in [1.82, 2.24) is 35.1 Å². The normalized spacial score (nSPS) is 11.4. The Morgan fingerprint density at radius 1 is 0.844 bits per heavy atom. The second kappa shape index (κ2) is 7.05. The van der Waals surface area contributed by atoms with Crippen molar-refractivity contribution < 1.29 is 4.39 Å². The maximum absolute atomic E-state index is 14.0. The Bertz CT molecular complexity index is 1580. The second-order valence-corrected chi connectivity index (χ2v) is 7.59. The van der Waals surface area contributed by atoms with Crippen LogP contribution in [0.2, 0.25) is 0 Å². The van der Waals surface area contributed by atoms with Crippen molar-refractivity contribution in [1.29, 1.82) is 0 Å². The molecule has 154 valence electrons. The van der Waals surface area contributed by atoms with E-state index in [1.807, 2.05) is 37.3 Å². The van der Waals surface area contributed by atoms with E-state index in [1.165, 1.54) is 12.1 Å². The van der Waals surface area contributed by atoms with Crippen LogP contribution in [-0.2, 0) is 0 Å². The maximum atomic E-state index is 14.0. The summed E-state index contributed by atoms with van der Waals surface area (Å²) in [5.74, 6) is 0.282. The van der Waals surface area contributed by atoms with Crippen molar-refractivity contribution in [2.24, 2.45) is 0 Å². The van der Waals surface area contributed by atoms with Crippen molar-refractivity contribution in [3.05, 3.63) is 78.6 Å². The molecule has 2 N–H and O–H groups in total. The van der Waals surface area contributed by atoms with E-state index in [1.54, 1.807) is 24.8 Å². The largest absolute Gasteiger partial charge is 0.336 e. The lowest BCUT2D eigenvalue weighted by Gasteiger charge is -2.03. The number of fused-ring (bicyclic) bond motifs is 2. The molecular weight excluding hydrogens is 405 g/mol. The first-order chi connectivity index (χ1) is 15.7. The summed E-state index contributed by atoms with van der Waals surface area (Å²) >= 11 is 0. The van der Waals surface area contributed by atoms with Crippen LogP contribution in [0.3, 0.4) is 0 Å². The van der Waals surface area contributed by atoms with E-state index in [9.17, 15) is 4.39 Å². The van der Waals surface area contributed by atoms with Gasteiger partial charge in [-0.1, -0.05) is 0 Å². The molecule has 0 unspecified atom stereocenters. The SMILES string of the molecule is Cc1cc(F)cc(-c2nccc3[nH]c(-c4n[nH]c5ncc(-c6ccncc6)cc45)nc23)c1. The molecule has 6 rings (SSSR count). The summed E-state index contributed by atoms with van der Waals surface area (Å²) in [5, 5.41) is 8.27. The van der Waals surface area contributed by atoms with Crippen molar-refractivity contribution in [3.8, 4) is 33.9 Å². The van der Waals surface area contributed by atoms with Gasteiger partial charge in [0.1, 0.15) is 17.0 Å². The lowest BCUT2D eigenvalue weighted by atomic mass is 10.1. The molecule has 1 aromatic carbocycles. The van der Waals surface area contributed by atoms with Crippen LogP contribution in [0, 0.1) is 12.7 Å². The third kappa shape index (κ3) is 3.01. The molecule has 6 aromatic rings. The molecule has 0 radical (unpaired) electrons. The summed E-state index contributed by atoms with van der Waals surface area (Å²) in [7, 11) is 0. The molecule has 0 fully saturated rings. The van der Waals surface area contributed by atoms with E-state index in [-0.39, 0.29) is 5.82 Å². The molecule has 0 saturated carbocycles. The number of aromatic amines is 2. The third-order valence-corrected chi connectivity index (χ3v) is 5.37. The van der Waals surface area contributed by atoms with Gasteiger partial charge in [0, 0.05) is 35.9 Å². The van der Waals surface area contributed by atoms with Gasteiger partial charge in [0.05, 0.1) is 16.6 Å². The Kier molecular flexibility index (Phi) is 4.04. The zero-order chi connectivity index (χ0) is 21.7. The van der Waals surface area contributed by atoms with Crippen LogP contribution in [0.15, 0.2) is 67.3 Å². The predicted octanol–water partition coefficient (Wildman–Crippen LogP) is 5.07. The van der Waals surface area contributed by atoms with E-state index in [0.717, 1.165) is 27.6 Å². The molecule has 0 saturated heterocycles. The number of halogens is 1. The maximum Gasteiger partial charge on any atom is 0.159 e. The summed E-state index contributed by atoms with van der Waals surface area (Å²) < 4.78 is 14.0. The van der Waals surface area contributed by atoms with Crippen molar-refractivity contribution in [3.63, 3.8) is 0 Å². The summed E-state index contributed by atoms with van der Waals surface area (Å²) in [5.41, 5.74) is 6.85. The molecule has 0 aliphatic rings. The molecule has 0 aliphatic carbocycles. The Hall–Kier alpha value is -4.46. The molecule has 0 bridgehead atoms. The molecule has 7 nitrogen and oxygen atoms in total. The molecule has 5 heterocycles. The summed E-state index contributed by atoms with van der Waals surface area (Å²) in [6.45, 7) is 1.85. The number of imidazole rings is 1. The summed E-state index contributed by atoms with van der Waals surface area (Å²) in [6.07, 6.45) is 6.98. The standard InChI is InChI=1S/C24H16FN7/c1-13-8-15(10-17(25)9-13)20-22-19(4-7-27-20)29-24(30-22)21-18-11-16(12-28-23(18)32-31-21)14-2-5-26-6-3-14/h2-12H,1H3,(H,29,30)(H,28,31,32). The first-order valence-corrected chi connectivity index (χ1v) is 10.0. The van der Waals surface area contributed by atoms with Gasteiger partial charge < -0.3 is 4.98 Å². The smallest absolute Gasteiger partial charge is 0.159 e. The van der Waals surface area contributed by atoms with Crippen molar-refractivity contribution in [2.45, 2.75) is 6.92 Å². The second-order valence-electron chi connectivity index (χ2n) is 7.59. The topological polar surface area (TPSA) is 96.0 Å². The lowest BCUT2D eigenvalue weighted by Crippen LogP contribution is -1.88.